The molecule has 0 radical (unpaired) electrons. The molecule has 0 bridgehead atoms. The van der Waals surface area contributed by atoms with Gasteiger partial charge < -0.3 is 4.74 Å². The summed E-state index contributed by atoms with van der Waals surface area (Å²) in [6, 6.07) is 5.26. The van der Waals surface area contributed by atoms with Crippen molar-refractivity contribution in [3.63, 3.8) is 0 Å². The Kier molecular flexibility index (Phi) is 7.85. The van der Waals surface area contributed by atoms with Crippen LogP contribution in [0, 0.1) is 12.8 Å². The molecule has 0 spiro atoms. The largest absolute Gasteiger partial charge is 0.449 e. The molecule has 0 aliphatic heterocycles. The fraction of sp³-hybridized carbons (Fsp3) is 0.500. The van der Waals surface area contributed by atoms with Gasteiger partial charge in [-0.25, -0.2) is 18.6 Å². The van der Waals surface area contributed by atoms with E-state index in [2.05, 4.69) is 20.3 Å². The summed E-state index contributed by atoms with van der Waals surface area (Å²) in [4.78, 5) is 23.6. The lowest BCUT2D eigenvalue weighted by Gasteiger charge is -2.20. The molecule has 1 atom stereocenters. The molecule has 9 heteroatoms. The highest BCUT2D eigenvalue weighted by atomic mass is 32.2. The van der Waals surface area contributed by atoms with Crippen LogP contribution in [0.5, 0.6) is 0 Å². The van der Waals surface area contributed by atoms with Gasteiger partial charge in [0.15, 0.2) is 0 Å². The fourth-order valence-corrected chi connectivity index (χ4v) is 3.23. The number of ether oxygens (including phenoxy) is 1. The van der Waals surface area contributed by atoms with E-state index in [1.54, 1.807) is 19.1 Å². The Morgan fingerprint density at radius 2 is 1.72 bits per heavy atom. The summed E-state index contributed by atoms with van der Waals surface area (Å²) < 4.78 is 32.0. The quantitative estimate of drug-likeness (QED) is 0.628. The van der Waals surface area contributed by atoms with Crippen molar-refractivity contribution in [2.45, 2.75) is 45.1 Å². The van der Waals surface area contributed by atoms with E-state index in [0.29, 0.717) is 0 Å². The highest BCUT2D eigenvalue weighted by Crippen LogP contribution is 2.13. The van der Waals surface area contributed by atoms with Crippen LogP contribution >= 0.6 is 0 Å². The van der Waals surface area contributed by atoms with Crippen molar-refractivity contribution in [3.05, 3.63) is 29.8 Å². The molecule has 0 saturated carbocycles. The van der Waals surface area contributed by atoms with Crippen molar-refractivity contribution in [2.24, 2.45) is 5.92 Å². The van der Waals surface area contributed by atoms with E-state index in [4.69, 9.17) is 0 Å². The van der Waals surface area contributed by atoms with Gasteiger partial charge in [-0.05, 0) is 38.3 Å². The van der Waals surface area contributed by atoms with Gasteiger partial charge in [0.2, 0.25) is 10.0 Å². The van der Waals surface area contributed by atoms with Gasteiger partial charge >= 0.3 is 6.09 Å². The molecule has 1 unspecified atom stereocenters. The highest BCUT2D eigenvalue weighted by molar-refractivity contribution is 7.89. The Morgan fingerprint density at radius 1 is 1.12 bits per heavy atom. The highest BCUT2D eigenvalue weighted by Gasteiger charge is 2.26. The molecule has 0 fully saturated rings. The van der Waals surface area contributed by atoms with E-state index >= 15 is 0 Å². The number of nitrogens with one attached hydrogen (secondary N) is 3. The van der Waals surface area contributed by atoms with Gasteiger partial charge in [0.25, 0.3) is 5.91 Å². The topological polar surface area (TPSA) is 114 Å². The van der Waals surface area contributed by atoms with E-state index in [9.17, 15) is 18.0 Å². The van der Waals surface area contributed by atoms with E-state index in [1.165, 1.54) is 12.1 Å². The van der Waals surface area contributed by atoms with Gasteiger partial charge in [0.05, 0.1) is 11.5 Å². The minimum Gasteiger partial charge on any atom is -0.449 e. The average molecular weight is 371 g/mol. The third-order valence-electron chi connectivity index (χ3n) is 3.22. The van der Waals surface area contributed by atoms with Crippen molar-refractivity contribution in [3.8, 4) is 0 Å². The molecular formula is C16H25N3O5S. The van der Waals surface area contributed by atoms with Crippen molar-refractivity contribution in [2.75, 3.05) is 6.61 Å². The van der Waals surface area contributed by atoms with Gasteiger partial charge in [-0.3, -0.25) is 10.2 Å². The maximum atomic E-state index is 12.5. The second-order valence-electron chi connectivity index (χ2n) is 5.95. The zero-order valence-corrected chi connectivity index (χ0v) is 15.6. The van der Waals surface area contributed by atoms with Gasteiger partial charge in [0, 0.05) is 0 Å². The number of hydrogen-bond acceptors (Lipinski definition) is 5. The lowest BCUT2D eigenvalue weighted by molar-refractivity contribution is -0.124. The third-order valence-corrected chi connectivity index (χ3v) is 4.70. The molecule has 3 N–H and O–H groups in total. The lowest BCUT2D eigenvalue weighted by atomic mass is 10.0. The van der Waals surface area contributed by atoms with Crippen LogP contribution < -0.4 is 15.6 Å². The standard InChI is InChI=1S/C16H25N3O5S/c1-5-24-16(21)18-17-15(20)14(10-11(2)3)19-25(22,23)13-8-6-12(4)7-9-13/h6-9,11,14,19H,5,10H2,1-4H3,(H,17,20)(H,18,21). The van der Waals surface area contributed by atoms with Crippen LogP contribution in [0.25, 0.3) is 0 Å². The summed E-state index contributed by atoms with van der Waals surface area (Å²) in [6.07, 6.45) is -0.554. The summed E-state index contributed by atoms with van der Waals surface area (Å²) in [7, 11) is -3.87. The summed E-state index contributed by atoms with van der Waals surface area (Å²) in [5, 5.41) is 0. The van der Waals surface area contributed by atoms with Gasteiger partial charge in [-0.1, -0.05) is 31.5 Å². The minimum atomic E-state index is -3.87. The van der Waals surface area contributed by atoms with Crippen molar-refractivity contribution < 1.29 is 22.7 Å². The van der Waals surface area contributed by atoms with Crippen LogP contribution in [0.15, 0.2) is 29.2 Å². The van der Waals surface area contributed by atoms with Gasteiger partial charge in [-0.2, -0.15) is 4.72 Å². The molecule has 0 heterocycles. The van der Waals surface area contributed by atoms with E-state index < -0.39 is 28.1 Å². The van der Waals surface area contributed by atoms with Crippen LogP contribution in [-0.2, 0) is 19.6 Å². The van der Waals surface area contributed by atoms with E-state index in [0.717, 1.165) is 5.56 Å². The monoisotopic (exact) mass is 371 g/mol. The third kappa shape index (κ3) is 7.10. The van der Waals surface area contributed by atoms with Crippen molar-refractivity contribution in [1.29, 1.82) is 0 Å². The Morgan fingerprint density at radius 3 is 2.24 bits per heavy atom. The van der Waals surface area contributed by atoms with Crippen LogP contribution in [0.4, 0.5) is 4.79 Å². The summed E-state index contributed by atoms with van der Waals surface area (Å²) in [5.41, 5.74) is 5.17. The zero-order chi connectivity index (χ0) is 19.0. The first-order valence-corrected chi connectivity index (χ1v) is 9.45. The second-order valence-corrected chi connectivity index (χ2v) is 7.67. The number of rotatable bonds is 7. The molecule has 0 saturated heterocycles. The number of benzene rings is 1. The fourth-order valence-electron chi connectivity index (χ4n) is 2.02. The molecule has 25 heavy (non-hydrogen) atoms. The van der Waals surface area contributed by atoms with Crippen LogP contribution in [0.3, 0.4) is 0 Å². The first kappa shape index (κ1) is 20.9. The number of carbonyl (C=O) groups excluding carboxylic acids is 2. The molecule has 0 aliphatic rings. The first-order chi connectivity index (χ1) is 11.7. The molecule has 0 aliphatic carbocycles. The molecular weight excluding hydrogens is 346 g/mol. The number of hydrogen-bond donors (Lipinski definition) is 3. The lowest BCUT2D eigenvalue weighted by Crippen LogP contribution is -2.52. The summed E-state index contributed by atoms with van der Waals surface area (Å²) in [5.74, 6) is -0.614. The van der Waals surface area contributed by atoms with E-state index in [-0.39, 0.29) is 23.8 Å². The molecule has 140 valence electrons. The number of aryl methyl sites for hydroxylation is 1. The summed E-state index contributed by atoms with van der Waals surface area (Å²) in [6.45, 7) is 7.34. The number of amides is 2. The molecule has 1 aromatic rings. The second kappa shape index (κ2) is 9.38. The predicted molar refractivity (Wildman–Crippen MR) is 93.0 cm³/mol. The molecule has 2 amide bonds. The Balaban J connectivity index is 2.85. The Bertz CT molecular complexity index is 686. The van der Waals surface area contributed by atoms with Crippen molar-refractivity contribution in [1.82, 2.24) is 15.6 Å². The van der Waals surface area contributed by atoms with Crippen molar-refractivity contribution >= 4 is 22.0 Å². The molecule has 1 rings (SSSR count). The average Bonchev–Trinajstić information content (AvgIpc) is 2.52. The number of sulfonamides is 1. The SMILES string of the molecule is CCOC(=O)NNC(=O)C(CC(C)C)NS(=O)(=O)c1ccc(C)cc1. The van der Waals surface area contributed by atoms with Crippen LogP contribution in [0.2, 0.25) is 0 Å². The Labute approximate surface area is 148 Å². The van der Waals surface area contributed by atoms with Crippen LogP contribution in [0.1, 0.15) is 32.8 Å². The number of hydrazine groups is 1. The Hall–Kier alpha value is -2.13. The summed E-state index contributed by atoms with van der Waals surface area (Å²) >= 11 is 0. The minimum absolute atomic E-state index is 0.0547. The predicted octanol–water partition coefficient (Wildman–Crippen LogP) is 1.47. The number of carbonyl (C=O) groups is 2. The normalized spacial score (nSPS) is 12.5. The molecule has 0 aromatic heterocycles. The van der Waals surface area contributed by atoms with Gasteiger partial charge in [0.1, 0.15) is 6.04 Å². The van der Waals surface area contributed by atoms with Gasteiger partial charge in [-0.15, -0.1) is 0 Å². The smallest absolute Gasteiger partial charge is 0.426 e. The first-order valence-electron chi connectivity index (χ1n) is 7.97. The zero-order valence-electron chi connectivity index (χ0n) is 14.8. The molecule has 1 aromatic carbocycles. The molecule has 8 nitrogen and oxygen atoms in total. The van der Waals surface area contributed by atoms with Crippen LogP contribution in [-0.4, -0.2) is 33.1 Å². The maximum Gasteiger partial charge on any atom is 0.426 e. The van der Waals surface area contributed by atoms with E-state index in [1.807, 2.05) is 20.8 Å². The maximum absolute atomic E-state index is 12.5.